The van der Waals surface area contributed by atoms with Crippen LogP contribution in [0.2, 0.25) is 0 Å². The molecule has 0 unspecified atom stereocenters. The van der Waals surface area contributed by atoms with Crippen molar-refractivity contribution in [3.63, 3.8) is 0 Å². The summed E-state index contributed by atoms with van der Waals surface area (Å²) in [6, 6.07) is 6.19. The summed E-state index contributed by atoms with van der Waals surface area (Å²) in [5.41, 5.74) is 0.628. The van der Waals surface area contributed by atoms with Gasteiger partial charge in [-0.25, -0.2) is 0 Å². The molecule has 6 nitrogen and oxygen atoms in total. The van der Waals surface area contributed by atoms with Gasteiger partial charge in [0.15, 0.2) is 5.96 Å². The molecular formula is C23H37F2IN4O2. The summed E-state index contributed by atoms with van der Waals surface area (Å²) in [5, 5.41) is 6.72. The minimum atomic E-state index is -2.89. The lowest BCUT2D eigenvalue weighted by molar-refractivity contribution is -0.0505. The number of halogens is 3. The summed E-state index contributed by atoms with van der Waals surface area (Å²) in [7, 11) is 1.72. The maximum Gasteiger partial charge on any atom is 0.387 e. The van der Waals surface area contributed by atoms with Crippen molar-refractivity contribution in [2.75, 3.05) is 26.7 Å². The van der Waals surface area contributed by atoms with Gasteiger partial charge in [-0.15, -0.1) is 24.0 Å². The predicted octanol–water partition coefficient (Wildman–Crippen LogP) is 4.77. The lowest BCUT2D eigenvalue weighted by Gasteiger charge is -2.36. The number of piperidine rings is 1. The van der Waals surface area contributed by atoms with E-state index in [1.54, 1.807) is 19.2 Å². The third-order valence-electron chi connectivity index (χ3n) is 6.11. The average Bonchev–Trinajstić information content (AvgIpc) is 3.31. The number of nitrogens with zero attached hydrogens (tertiary/aromatic N) is 2. The van der Waals surface area contributed by atoms with Crippen molar-refractivity contribution in [2.24, 2.45) is 4.99 Å². The van der Waals surface area contributed by atoms with Crippen LogP contribution in [0.5, 0.6) is 11.5 Å². The van der Waals surface area contributed by atoms with Crippen molar-refractivity contribution in [1.29, 1.82) is 0 Å². The van der Waals surface area contributed by atoms with E-state index in [1.165, 1.54) is 31.7 Å². The van der Waals surface area contributed by atoms with Gasteiger partial charge in [-0.3, -0.25) is 4.99 Å². The summed E-state index contributed by atoms with van der Waals surface area (Å²) < 4.78 is 36.0. The first-order chi connectivity index (χ1) is 15.1. The smallest absolute Gasteiger partial charge is 0.387 e. The first-order valence-corrected chi connectivity index (χ1v) is 11.5. The topological polar surface area (TPSA) is 58.1 Å². The Morgan fingerprint density at radius 2 is 1.91 bits per heavy atom. The molecule has 0 amide bonds. The van der Waals surface area contributed by atoms with Crippen LogP contribution in [0.1, 0.15) is 57.4 Å². The fourth-order valence-corrected chi connectivity index (χ4v) is 4.44. The highest BCUT2D eigenvalue weighted by molar-refractivity contribution is 14.0. The molecule has 0 bridgehead atoms. The van der Waals surface area contributed by atoms with E-state index in [-0.39, 0.29) is 29.7 Å². The van der Waals surface area contributed by atoms with Crippen LogP contribution >= 0.6 is 24.0 Å². The highest BCUT2D eigenvalue weighted by Crippen LogP contribution is 2.27. The molecule has 182 valence electrons. The first-order valence-electron chi connectivity index (χ1n) is 11.5. The van der Waals surface area contributed by atoms with Gasteiger partial charge in [0.1, 0.15) is 11.5 Å². The van der Waals surface area contributed by atoms with Crippen molar-refractivity contribution in [3.8, 4) is 11.5 Å². The second kappa shape index (κ2) is 14.0. The Kier molecular flexibility index (Phi) is 11.8. The number of hydrogen-bond acceptors (Lipinski definition) is 4. The molecule has 32 heavy (non-hydrogen) atoms. The minimum absolute atomic E-state index is 0. The molecule has 1 saturated heterocycles. The summed E-state index contributed by atoms with van der Waals surface area (Å²) in [5.74, 6) is 1.32. The Labute approximate surface area is 207 Å². The van der Waals surface area contributed by atoms with E-state index in [0.717, 1.165) is 38.4 Å². The number of guanidine groups is 1. The van der Waals surface area contributed by atoms with E-state index < -0.39 is 6.61 Å². The molecule has 2 fully saturated rings. The molecule has 1 aliphatic carbocycles. The minimum Gasteiger partial charge on any atom is -0.493 e. The largest absolute Gasteiger partial charge is 0.493 e. The van der Waals surface area contributed by atoms with Crippen molar-refractivity contribution >= 4 is 29.9 Å². The molecule has 1 aliphatic heterocycles. The molecule has 9 heteroatoms. The van der Waals surface area contributed by atoms with E-state index in [9.17, 15) is 8.78 Å². The number of aliphatic imine (C=N–C) groups is 1. The number of nitrogens with one attached hydrogen (secondary N) is 2. The quantitative estimate of drug-likeness (QED) is 0.257. The number of hydrogen-bond donors (Lipinski definition) is 2. The lowest BCUT2D eigenvalue weighted by atomic mass is 10.0. The van der Waals surface area contributed by atoms with Gasteiger partial charge in [-0.2, -0.15) is 8.78 Å². The lowest BCUT2D eigenvalue weighted by Crippen LogP contribution is -2.50. The number of likely N-dealkylation sites (tertiary alicyclic amines) is 1. The van der Waals surface area contributed by atoms with Gasteiger partial charge in [0, 0.05) is 50.4 Å². The monoisotopic (exact) mass is 566 g/mol. The van der Waals surface area contributed by atoms with E-state index in [1.807, 2.05) is 6.92 Å². The van der Waals surface area contributed by atoms with Crippen LogP contribution in [-0.4, -0.2) is 56.3 Å². The summed E-state index contributed by atoms with van der Waals surface area (Å²) in [6.45, 7) is 2.20. The van der Waals surface area contributed by atoms with Crippen LogP contribution in [0.15, 0.2) is 23.2 Å². The van der Waals surface area contributed by atoms with Crippen molar-refractivity contribution in [2.45, 2.75) is 77.1 Å². The van der Waals surface area contributed by atoms with Crippen LogP contribution in [0, 0.1) is 0 Å². The van der Waals surface area contributed by atoms with Crippen LogP contribution < -0.4 is 20.1 Å². The molecule has 1 aromatic carbocycles. The fourth-order valence-electron chi connectivity index (χ4n) is 4.44. The van der Waals surface area contributed by atoms with Crippen LogP contribution in [0.25, 0.3) is 0 Å². The summed E-state index contributed by atoms with van der Waals surface area (Å²) in [4.78, 5) is 6.95. The third-order valence-corrected chi connectivity index (χ3v) is 6.11. The van der Waals surface area contributed by atoms with Crippen molar-refractivity contribution < 1.29 is 18.3 Å². The summed E-state index contributed by atoms with van der Waals surface area (Å²) >= 11 is 0. The average molecular weight is 566 g/mol. The van der Waals surface area contributed by atoms with E-state index in [2.05, 4.69) is 20.5 Å². The Balaban J connectivity index is 0.00000363. The fraction of sp³-hybridized carbons (Fsp3) is 0.696. The number of rotatable bonds is 9. The molecule has 2 aliphatic rings. The summed E-state index contributed by atoms with van der Waals surface area (Å²) in [6.07, 6.45) is 8.42. The zero-order valence-corrected chi connectivity index (χ0v) is 21.4. The van der Waals surface area contributed by atoms with E-state index in [4.69, 9.17) is 9.47 Å². The zero-order chi connectivity index (χ0) is 22.1. The zero-order valence-electron chi connectivity index (χ0n) is 19.1. The van der Waals surface area contributed by atoms with Gasteiger partial charge in [-0.05, 0) is 44.2 Å². The van der Waals surface area contributed by atoms with Crippen LogP contribution in [-0.2, 0) is 6.54 Å². The van der Waals surface area contributed by atoms with Gasteiger partial charge >= 0.3 is 6.61 Å². The molecular weight excluding hydrogens is 529 g/mol. The molecule has 0 atom stereocenters. The van der Waals surface area contributed by atoms with Gasteiger partial charge in [0.25, 0.3) is 0 Å². The highest BCUT2D eigenvalue weighted by Gasteiger charge is 2.27. The van der Waals surface area contributed by atoms with Gasteiger partial charge in [0.2, 0.25) is 0 Å². The molecule has 0 spiro atoms. The molecule has 2 N–H and O–H groups in total. The molecule has 0 aromatic heterocycles. The number of ether oxygens (including phenoxy) is 2. The highest BCUT2D eigenvalue weighted by atomic mass is 127. The molecule has 1 heterocycles. The second-order valence-corrected chi connectivity index (χ2v) is 8.32. The SMILES string of the molecule is CCCOc1ccc(CNC(=NC)NC2CCN(C3CCCC3)CC2)c(OC(F)F)c1.I. The number of benzene rings is 1. The standard InChI is InChI=1S/C23H36F2N4O2.HI/c1-3-14-30-20-9-8-17(21(15-20)31-22(24)25)16-27-23(26-2)28-18-10-12-29(13-11-18)19-6-4-5-7-19;/h8-9,15,18-19,22H,3-7,10-14,16H2,1-2H3,(H2,26,27,28);1H. The third kappa shape index (κ3) is 8.20. The van der Waals surface area contributed by atoms with Crippen LogP contribution in [0.4, 0.5) is 8.78 Å². The number of alkyl halides is 2. The Hall–Kier alpha value is -1.36. The van der Waals surface area contributed by atoms with E-state index in [0.29, 0.717) is 36.5 Å². The van der Waals surface area contributed by atoms with E-state index >= 15 is 0 Å². The van der Waals surface area contributed by atoms with Gasteiger partial charge in [0.05, 0.1) is 6.61 Å². The first kappa shape index (κ1) is 26.9. The van der Waals surface area contributed by atoms with Crippen molar-refractivity contribution in [3.05, 3.63) is 23.8 Å². The van der Waals surface area contributed by atoms with Gasteiger partial charge in [-0.1, -0.05) is 19.8 Å². The Morgan fingerprint density at radius 3 is 2.53 bits per heavy atom. The molecule has 1 saturated carbocycles. The van der Waals surface area contributed by atoms with Crippen molar-refractivity contribution in [1.82, 2.24) is 15.5 Å². The predicted molar refractivity (Wildman–Crippen MR) is 134 cm³/mol. The van der Waals surface area contributed by atoms with Crippen LogP contribution in [0.3, 0.4) is 0 Å². The maximum atomic E-state index is 12.9. The molecule has 1 aromatic rings. The maximum absolute atomic E-state index is 12.9. The molecule has 3 rings (SSSR count). The second-order valence-electron chi connectivity index (χ2n) is 8.32. The Bertz CT molecular complexity index is 709. The van der Waals surface area contributed by atoms with Gasteiger partial charge < -0.3 is 25.0 Å². The molecule has 0 radical (unpaired) electrons. The Morgan fingerprint density at radius 1 is 1.19 bits per heavy atom. The normalized spacial score (nSPS) is 18.5.